The molecule has 4 saturated carbocycles. The summed E-state index contributed by atoms with van der Waals surface area (Å²) in [5.74, 6) is 2.37. The number of nitrogens with two attached hydrogens (primary N) is 1. The van der Waals surface area contributed by atoms with Gasteiger partial charge >= 0.3 is 0 Å². The quantitative estimate of drug-likeness (QED) is 0.843. The average Bonchev–Trinajstić information content (AvgIpc) is 2.79. The Morgan fingerprint density at radius 1 is 1.04 bits per heavy atom. The minimum Gasteiger partial charge on any atom is -0.331 e. The Hall–Kier alpha value is -1.39. The zero-order valence-electron chi connectivity index (χ0n) is 14.3. The Balaban J connectivity index is 1.37. The highest BCUT2D eigenvalue weighted by atomic mass is 35.5. The molecule has 0 unspecified atom stereocenters. The lowest BCUT2D eigenvalue weighted by molar-refractivity contribution is -0.755. The van der Waals surface area contributed by atoms with E-state index in [-0.39, 0.29) is 23.4 Å². The first-order valence-corrected chi connectivity index (χ1v) is 9.87. The maximum atomic E-state index is 13.0. The SMILES string of the molecule is O=C1C[C@@H]([NH2+]C23CC4CC(CC(C4)C2)C3)C(=O)N1c1cccc(Cl)c1. The molecule has 4 nitrogen and oxygen atoms in total. The predicted octanol–water partition coefficient (Wildman–Crippen LogP) is 2.50. The van der Waals surface area contributed by atoms with Crippen molar-refractivity contribution < 1.29 is 14.9 Å². The van der Waals surface area contributed by atoms with E-state index in [2.05, 4.69) is 5.32 Å². The summed E-state index contributed by atoms with van der Waals surface area (Å²) in [6.07, 6.45) is 8.17. The van der Waals surface area contributed by atoms with Gasteiger partial charge in [0.2, 0.25) is 5.91 Å². The van der Waals surface area contributed by atoms with Gasteiger partial charge in [-0.15, -0.1) is 0 Å². The third-order valence-corrected chi connectivity index (χ3v) is 7.12. The number of carbonyl (C=O) groups is 2. The van der Waals surface area contributed by atoms with E-state index >= 15 is 0 Å². The van der Waals surface area contributed by atoms with Crippen molar-refractivity contribution in [1.82, 2.24) is 0 Å². The first-order valence-electron chi connectivity index (χ1n) is 9.50. The fraction of sp³-hybridized carbons (Fsp3) is 0.600. The molecule has 25 heavy (non-hydrogen) atoms. The zero-order valence-corrected chi connectivity index (χ0v) is 15.0. The van der Waals surface area contributed by atoms with E-state index < -0.39 is 0 Å². The van der Waals surface area contributed by atoms with E-state index in [1.165, 1.54) is 43.4 Å². The van der Waals surface area contributed by atoms with Crippen LogP contribution in [0.5, 0.6) is 0 Å². The van der Waals surface area contributed by atoms with E-state index in [9.17, 15) is 9.59 Å². The number of benzene rings is 1. The summed E-state index contributed by atoms with van der Waals surface area (Å²) in [6, 6.07) is 6.77. The van der Waals surface area contributed by atoms with Crippen LogP contribution in [0.4, 0.5) is 5.69 Å². The van der Waals surface area contributed by atoms with Crippen LogP contribution >= 0.6 is 11.6 Å². The van der Waals surface area contributed by atoms with Crippen LogP contribution in [0.15, 0.2) is 24.3 Å². The van der Waals surface area contributed by atoms with Crippen LogP contribution in [-0.4, -0.2) is 23.4 Å². The number of rotatable bonds is 3. The summed E-state index contributed by atoms with van der Waals surface area (Å²) in [7, 11) is 0. The summed E-state index contributed by atoms with van der Waals surface area (Å²) in [5.41, 5.74) is 0.809. The molecule has 4 bridgehead atoms. The molecule has 2 amide bonds. The van der Waals surface area contributed by atoms with Gasteiger partial charge < -0.3 is 5.32 Å². The van der Waals surface area contributed by atoms with Crippen molar-refractivity contribution in [2.75, 3.05) is 4.90 Å². The van der Waals surface area contributed by atoms with Crippen molar-refractivity contribution in [3.05, 3.63) is 29.3 Å². The monoisotopic (exact) mass is 359 g/mol. The summed E-state index contributed by atoms with van der Waals surface area (Å²) in [6.45, 7) is 0. The Morgan fingerprint density at radius 3 is 2.28 bits per heavy atom. The Bertz CT molecular complexity index is 712. The molecule has 1 aromatic carbocycles. The number of quaternary nitrogens is 1. The van der Waals surface area contributed by atoms with Gasteiger partial charge in [0.1, 0.15) is 0 Å². The van der Waals surface area contributed by atoms with Crippen molar-refractivity contribution in [2.45, 2.75) is 56.5 Å². The van der Waals surface area contributed by atoms with Gasteiger partial charge in [-0.05, 0) is 55.2 Å². The lowest BCUT2D eigenvalue weighted by Gasteiger charge is -2.55. The van der Waals surface area contributed by atoms with Gasteiger partial charge in [0, 0.05) is 24.3 Å². The van der Waals surface area contributed by atoms with Crippen LogP contribution in [0.2, 0.25) is 5.02 Å². The van der Waals surface area contributed by atoms with Crippen LogP contribution < -0.4 is 10.2 Å². The molecular weight excluding hydrogens is 336 g/mol. The van der Waals surface area contributed by atoms with Gasteiger partial charge in [-0.2, -0.15) is 0 Å². The van der Waals surface area contributed by atoms with Crippen molar-refractivity contribution in [3.8, 4) is 0 Å². The van der Waals surface area contributed by atoms with Crippen molar-refractivity contribution in [2.24, 2.45) is 17.8 Å². The maximum absolute atomic E-state index is 13.0. The number of imide groups is 1. The highest BCUT2D eigenvalue weighted by Gasteiger charge is 2.56. The van der Waals surface area contributed by atoms with Crippen LogP contribution in [0.3, 0.4) is 0 Å². The number of hydrogen-bond acceptors (Lipinski definition) is 2. The minimum absolute atomic E-state index is 0.0667. The molecule has 6 rings (SSSR count). The second kappa shape index (κ2) is 5.55. The second-order valence-electron chi connectivity index (χ2n) is 8.80. The topological polar surface area (TPSA) is 54.0 Å². The van der Waals surface area contributed by atoms with E-state index in [4.69, 9.17) is 11.6 Å². The molecule has 0 aromatic heterocycles. The fourth-order valence-corrected chi connectivity index (χ4v) is 6.67. The molecule has 1 aromatic rings. The van der Waals surface area contributed by atoms with Crippen molar-refractivity contribution in [1.29, 1.82) is 0 Å². The molecule has 1 heterocycles. The van der Waals surface area contributed by atoms with Gasteiger partial charge in [0.15, 0.2) is 6.04 Å². The Labute approximate surface area is 152 Å². The number of amides is 2. The molecule has 1 aliphatic heterocycles. The van der Waals surface area contributed by atoms with Crippen LogP contribution in [0.25, 0.3) is 0 Å². The van der Waals surface area contributed by atoms with Gasteiger partial charge in [-0.1, -0.05) is 17.7 Å². The molecular formula is C20H24ClN2O2+. The van der Waals surface area contributed by atoms with Crippen molar-refractivity contribution >= 4 is 29.1 Å². The summed E-state index contributed by atoms with van der Waals surface area (Å²) < 4.78 is 0. The molecule has 4 aliphatic carbocycles. The first kappa shape index (κ1) is 15.8. The van der Waals surface area contributed by atoms with Gasteiger partial charge in [-0.3, -0.25) is 9.59 Å². The Kier molecular flexibility index (Phi) is 3.52. The van der Waals surface area contributed by atoms with E-state index in [0.717, 1.165) is 17.8 Å². The van der Waals surface area contributed by atoms with Crippen LogP contribution in [0, 0.1) is 17.8 Å². The third-order valence-electron chi connectivity index (χ3n) is 6.89. The number of nitrogens with zero attached hydrogens (tertiary/aromatic N) is 1. The lowest BCUT2D eigenvalue weighted by atomic mass is 9.53. The Morgan fingerprint density at radius 2 is 1.68 bits per heavy atom. The molecule has 1 saturated heterocycles. The van der Waals surface area contributed by atoms with Gasteiger partial charge in [0.25, 0.3) is 5.91 Å². The fourth-order valence-electron chi connectivity index (χ4n) is 6.48. The molecule has 2 N–H and O–H groups in total. The third kappa shape index (κ3) is 2.61. The summed E-state index contributed by atoms with van der Waals surface area (Å²) in [5, 5.41) is 2.84. The zero-order chi connectivity index (χ0) is 17.2. The molecule has 0 radical (unpaired) electrons. The second-order valence-corrected chi connectivity index (χ2v) is 9.24. The molecule has 5 fully saturated rings. The largest absolute Gasteiger partial charge is 0.331 e. The van der Waals surface area contributed by atoms with Gasteiger partial charge in [0.05, 0.1) is 17.6 Å². The molecule has 5 aliphatic rings. The van der Waals surface area contributed by atoms with Gasteiger partial charge in [-0.25, -0.2) is 4.90 Å². The smallest absolute Gasteiger partial charge is 0.292 e. The summed E-state index contributed by atoms with van der Waals surface area (Å²) >= 11 is 6.04. The number of anilines is 1. The van der Waals surface area contributed by atoms with Crippen molar-refractivity contribution in [3.63, 3.8) is 0 Å². The number of carbonyl (C=O) groups excluding carboxylic acids is 2. The van der Waals surface area contributed by atoms with E-state index in [1.54, 1.807) is 24.3 Å². The maximum Gasteiger partial charge on any atom is 0.292 e. The van der Waals surface area contributed by atoms with Crippen LogP contribution in [0.1, 0.15) is 44.9 Å². The normalized spacial score (nSPS) is 39.5. The molecule has 0 spiro atoms. The summed E-state index contributed by atoms with van der Waals surface area (Å²) in [4.78, 5) is 26.9. The predicted molar refractivity (Wildman–Crippen MR) is 95.2 cm³/mol. The van der Waals surface area contributed by atoms with Crippen LogP contribution in [-0.2, 0) is 9.59 Å². The first-order chi connectivity index (χ1) is 12.0. The number of hydrogen-bond donors (Lipinski definition) is 1. The standard InChI is InChI=1S/C20H23ClN2O2/c21-15-2-1-3-16(7-15)23-18(24)8-17(19(23)25)22-20-9-12-4-13(10-20)6-14(5-12)11-20/h1-3,7,12-14,17,22H,4-6,8-11H2/p+1/t12?,13?,14?,17-,20?/m1/s1. The molecule has 1 atom stereocenters. The van der Waals surface area contributed by atoms with E-state index in [1.807, 2.05) is 0 Å². The van der Waals surface area contributed by atoms with E-state index in [0.29, 0.717) is 17.1 Å². The molecule has 5 heteroatoms. The highest BCUT2D eigenvalue weighted by molar-refractivity contribution is 6.31. The lowest BCUT2D eigenvalue weighted by Crippen LogP contribution is -3.03. The highest BCUT2D eigenvalue weighted by Crippen LogP contribution is 2.54. The average molecular weight is 360 g/mol. The minimum atomic E-state index is -0.261. The number of halogens is 1. The molecule has 132 valence electrons.